The van der Waals surface area contributed by atoms with Crippen molar-refractivity contribution in [2.75, 3.05) is 31.8 Å². The van der Waals surface area contributed by atoms with Crippen LogP contribution >= 0.6 is 0 Å². The van der Waals surface area contributed by atoms with E-state index < -0.39 is 5.60 Å². The van der Waals surface area contributed by atoms with Crippen LogP contribution in [0, 0.1) is 0 Å². The Morgan fingerprint density at radius 1 is 1.31 bits per heavy atom. The molecule has 0 radical (unpaired) electrons. The van der Waals surface area contributed by atoms with E-state index in [1.165, 1.54) is 0 Å². The van der Waals surface area contributed by atoms with E-state index in [0.29, 0.717) is 13.2 Å². The van der Waals surface area contributed by atoms with Crippen LogP contribution in [0.15, 0.2) is 30.6 Å². The van der Waals surface area contributed by atoms with Crippen molar-refractivity contribution in [2.24, 2.45) is 0 Å². The van der Waals surface area contributed by atoms with Crippen molar-refractivity contribution in [1.29, 1.82) is 0 Å². The summed E-state index contributed by atoms with van der Waals surface area (Å²) in [4.78, 5) is 7.30. The Balaban J connectivity index is 1.94. The average Bonchev–Trinajstić information content (AvgIpc) is 3.30. The first-order chi connectivity index (χ1) is 12.5. The molecule has 7 nitrogen and oxygen atoms in total. The first kappa shape index (κ1) is 17.1. The van der Waals surface area contributed by atoms with Gasteiger partial charge in [0.15, 0.2) is 5.82 Å². The standard InChI is InChI=1S/C19H25N5O2/c1-13-12-26-10-9-23(13)17-11-15(19(2,3)25-4)14-6-8-24(18(14)21-17)16-5-7-20-22-16/h5-8,11,13H,9-10,12H2,1-4H3,(H,20,22)/t13-/m1/s1. The Labute approximate surface area is 152 Å². The summed E-state index contributed by atoms with van der Waals surface area (Å²) >= 11 is 0. The molecule has 0 unspecified atom stereocenters. The Kier molecular flexibility index (Phi) is 4.20. The number of aromatic nitrogens is 4. The molecule has 1 N–H and O–H groups in total. The minimum Gasteiger partial charge on any atom is -0.377 e. The average molecular weight is 355 g/mol. The third kappa shape index (κ3) is 2.77. The quantitative estimate of drug-likeness (QED) is 0.779. The maximum absolute atomic E-state index is 5.80. The van der Waals surface area contributed by atoms with E-state index in [0.717, 1.165) is 34.8 Å². The lowest BCUT2D eigenvalue weighted by molar-refractivity contribution is 0.0204. The highest BCUT2D eigenvalue weighted by molar-refractivity contribution is 5.84. The third-order valence-electron chi connectivity index (χ3n) is 5.20. The van der Waals surface area contributed by atoms with Gasteiger partial charge in [-0.3, -0.25) is 9.67 Å². The van der Waals surface area contributed by atoms with Gasteiger partial charge in [-0.25, -0.2) is 4.98 Å². The summed E-state index contributed by atoms with van der Waals surface area (Å²) in [6.45, 7) is 8.59. The zero-order valence-corrected chi connectivity index (χ0v) is 15.7. The molecule has 7 heteroatoms. The number of hydrogen-bond donors (Lipinski definition) is 1. The first-order valence-electron chi connectivity index (χ1n) is 8.93. The fourth-order valence-electron chi connectivity index (χ4n) is 3.49. The van der Waals surface area contributed by atoms with Crippen molar-refractivity contribution in [2.45, 2.75) is 32.4 Å². The predicted octanol–water partition coefficient (Wildman–Crippen LogP) is 2.86. The molecule has 0 saturated carbocycles. The molecule has 138 valence electrons. The van der Waals surface area contributed by atoms with Crippen LogP contribution in [-0.4, -0.2) is 52.7 Å². The van der Waals surface area contributed by atoms with Crippen LogP contribution in [-0.2, 0) is 15.1 Å². The van der Waals surface area contributed by atoms with Gasteiger partial charge in [-0.2, -0.15) is 5.10 Å². The molecule has 1 fully saturated rings. The fourth-order valence-corrected chi connectivity index (χ4v) is 3.49. The van der Waals surface area contributed by atoms with E-state index >= 15 is 0 Å². The van der Waals surface area contributed by atoms with Crippen LogP contribution in [0.1, 0.15) is 26.3 Å². The van der Waals surface area contributed by atoms with Crippen LogP contribution in [0.4, 0.5) is 5.82 Å². The monoisotopic (exact) mass is 355 g/mol. The van der Waals surface area contributed by atoms with E-state index in [1.807, 2.05) is 23.0 Å². The van der Waals surface area contributed by atoms with E-state index in [9.17, 15) is 0 Å². The molecule has 4 heterocycles. The van der Waals surface area contributed by atoms with Crippen molar-refractivity contribution in [3.63, 3.8) is 0 Å². The molecule has 0 aliphatic carbocycles. The maximum Gasteiger partial charge on any atom is 0.160 e. The molecule has 3 aromatic rings. The summed E-state index contributed by atoms with van der Waals surface area (Å²) < 4.78 is 13.4. The summed E-state index contributed by atoms with van der Waals surface area (Å²) in [6, 6.07) is 6.45. The number of methoxy groups -OCH3 is 1. The van der Waals surface area contributed by atoms with Gasteiger partial charge >= 0.3 is 0 Å². The lowest BCUT2D eigenvalue weighted by Gasteiger charge is -2.35. The molecule has 26 heavy (non-hydrogen) atoms. The van der Waals surface area contributed by atoms with Crippen LogP contribution < -0.4 is 4.90 Å². The number of nitrogens with one attached hydrogen (secondary N) is 1. The number of H-pyrrole nitrogens is 1. The van der Waals surface area contributed by atoms with Crippen molar-refractivity contribution in [3.05, 3.63) is 36.2 Å². The molecule has 1 atom stereocenters. The molecular formula is C19H25N5O2. The second-order valence-corrected chi connectivity index (χ2v) is 7.22. The van der Waals surface area contributed by atoms with Crippen LogP contribution in [0.25, 0.3) is 16.9 Å². The van der Waals surface area contributed by atoms with Crippen LogP contribution in [0.2, 0.25) is 0 Å². The summed E-state index contributed by atoms with van der Waals surface area (Å²) in [5.74, 6) is 1.77. The predicted molar refractivity (Wildman–Crippen MR) is 101 cm³/mol. The lowest BCUT2D eigenvalue weighted by Crippen LogP contribution is -2.44. The van der Waals surface area contributed by atoms with E-state index in [-0.39, 0.29) is 6.04 Å². The summed E-state index contributed by atoms with van der Waals surface area (Å²) in [7, 11) is 1.74. The highest BCUT2D eigenvalue weighted by atomic mass is 16.5. The first-order valence-corrected chi connectivity index (χ1v) is 8.93. The number of morpholine rings is 1. The number of hydrogen-bond acceptors (Lipinski definition) is 5. The highest BCUT2D eigenvalue weighted by Crippen LogP contribution is 2.35. The number of anilines is 1. The number of pyridine rings is 1. The minimum atomic E-state index is -0.427. The zero-order valence-electron chi connectivity index (χ0n) is 15.7. The van der Waals surface area contributed by atoms with E-state index in [1.54, 1.807) is 7.11 Å². The summed E-state index contributed by atoms with van der Waals surface area (Å²) in [5, 5.41) is 8.26. The molecule has 0 spiro atoms. The molecule has 3 aromatic heterocycles. The molecule has 1 aliphatic rings. The van der Waals surface area contributed by atoms with Gasteiger partial charge in [0, 0.05) is 37.5 Å². The molecular weight excluding hydrogens is 330 g/mol. The third-order valence-corrected chi connectivity index (χ3v) is 5.20. The van der Waals surface area contributed by atoms with Gasteiger partial charge in [0.2, 0.25) is 0 Å². The minimum absolute atomic E-state index is 0.279. The molecule has 0 bridgehead atoms. The van der Waals surface area contributed by atoms with E-state index in [2.05, 4.69) is 48.0 Å². The Morgan fingerprint density at radius 3 is 2.85 bits per heavy atom. The maximum atomic E-state index is 5.80. The van der Waals surface area contributed by atoms with Gasteiger partial charge in [0.1, 0.15) is 11.5 Å². The van der Waals surface area contributed by atoms with Gasteiger partial charge in [-0.15, -0.1) is 0 Å². The number of nitrogens with zero attached hydrogens (tertiary/aromatic N) is 4. The van der Waals surface area contributed by atoms with Gasteiger partial charge in [-0.1, -0.05) is 0 Å². The topological polar surface area (TPSA) is 68.2 Å². The number of aromatic amines is 1. The lowest BCUT2D eigenvalue weighted by atomic mass is 9.95. The smallest absolute Gasteiger partial charge is 0.160 e. The number of rotatable bonds is 4. The number of ether oxygens (including phenoxy) is 2. The van der Waals surface area contributed by atoms with Crippen molar-refractivity contribution < 1.29 is 9.47 Å². The highest BCUT2D eigenvalue weighted by Gasteiger charge is 2.28. The SMILES string of the molecule is COC(C)(C)c1cc(N2CCOC[C@H]2C)nc2c1ccn2-c1cc[nH]n1. The van der Waals surface area contributed by atoms with Gasteiger partial charge in [-0.05, 0) is 38.5 Å². The molecule has 4 rings (SSSR count). The number of fused-ring (bicyclic) bond motifs is 1. The second kappa shape index (κ2) is 6.41. The second-order valence-electron chi connectivity index (χ2n) is 7.22. The molecule has 1 aliphatic heterocycles. The van der Waals surface area contributed by atoms with E-state index in [4.69, 9.17) is 14.5 Å². The van der Waals surface area contributed by atoms with Crippen molar-refractivity contribution >= 4 is 16.9 Å². The Morgan fingerprint density at radius 2 is 2.15 bits per heavy atom. The van der Waals surface area contributed by atoms with Gasteiger partial charge in [0.25, 0.3) is 0 Å². The summed E-state index contributed by atoms with van der Waals surface area (Å²) in [6.07, 6.45) is 3.82. The van der Waals surface area contributed by atoms with Gasteiger partial charge < -0.3 is 14.4 Å². The van der Waals surface area contributed by atoms with Crippen molar-refractivity contribution in [1.82, 2.24) is 19.7 Å². The fraction of sp³-hybridized carbons (Fsp3) is 0.474. The Bertz CT molecular complexity index is 900. The van der Waals surface area contributed by atoms with Gasteiger partial charge in [0.05, 0.1) is 24.9 Å². The van der Waals surface area contributed by atoms with Crippen molar-refractivity contribution in [3.8, 4) is 5.82 Å². The summed E-state index contributed by atoms with van der Waals surface area (Å²) in [5.41, 5.74) is 1.57. The molecule has 0 aromatic carbocycles. The van der Waals surface area contributed by atoms with Crippen LogP contribution in [0.3, 0.4) is 0 Å². The largest absolute Gasteiger partial charge is 0.377 e. The molecule has 0 amide bonds. The zero-order chi connectivity index (χ0) is 18.3. The molecule has 1 saturated heterocycles. The van der Waals surface area contributed by atoms with Crippen LogP contribution in [0.5, 0.6) is 0 Å². The normalized spacial score (nSPS) is 18.6. The Hall–Kier alpha value is -2.38.